The molecule has 0 saturated carbocycles. The van der Waals surface area contributed by atoms with Crippen molar-refractivity contribution in [2.75, 3.05) is 0 Å². The lowest BCUT2D eigenvalue weighted by atomic mass is 10.2. The van der Waals surface area contributed by atoms with Gasteiger partial charge in [0, 0.05) is 24.7 Å². The smallest absolute Gasteiger partial charge is 0.191 e. The van der Waals surface area contributed by atoms with Gasteiger partial charge in [0.2, 0.25) is 0 Å². The van der Waals surface area contributed by atoms with Gasteiger partial charge in [0.15, 0.2) is 5.43 Å². The molecule has 3 aromatic rings. The van der Waals surface area contributed by atoms with Crippen LogP contribution < -0.4 is 5.43 Å². The van der Waals surface area contributed by atoms with Gasteiger partial charge in [-0.15, -0.1) is 0 Å². The predicted molar refractivity (Wildman–Crippen MR) is 82.4 cm³/mol. The SMILES string of the molecule is O=c1ccn(-c2c(Cl)cccc2Cl)c2c(Cl)cncc12. The first-order valence-electron chi connectivity index (χ1n) is 5.69. The Morgan fingerprint density at radius 1 is 0.950 bits per heavy atom. The van der Waals surface area contributed by atoms with Crippen molar-refractivity contribution in [3.63, 3.8) is 0 Å². The summed E-state index contributed by atoms with van der Waals surface area (Å²) in [6, 6.07) is 6.63. The zero-order valence-electron chi connectivity index (χ0n) is 9.98. The number of hydrogen-bond donors (Lipinski definition) is 0. The third-order valence-electron chi connectivity index (χ3n) is 2.93. The van der Waals surface area contributed by atoms with Gasteiger partial charge in [-0.05, 0) is 12.1 Å². The largest absolute Gasteiger partial charge is 0.312 e. The van der Waals surface area contributed by atoms with Crippen LogP contribution in [-0.4, -0.2) is 9.55 Å². The van der Waals surface area contributed by atoms with Gasteiger partial charge in [-0.2, -0.15) is 0 Å². The molecule has 0 bridgehead atoms. The summed E-state index contributed by atoms with van der Waals surface area (Å²) in [6.07, 6.45) is 4.55. The van der Waals surface area contributed by atoms with Crippen molar-refractivity contribution in [2.24, 2.45) is 0 Å². The maximum atomic E-state index is 11.9. The van der Waals surface area contributed by atoms with E-state index in [4.69, 9.17) is 34.8 Å². The van der Waals surface area contributed by atoms with Crippen molar-refractivity contribution in [3.8, 4) is 5.69 Å². The highest BCUT2D eigenvalue weighted by molar-refractivity contribution is 6.38. The lowest BCUT2D eigenvalue weighted by molar-refractivity contribution is 1.09. The normalized spacial score (nSPS) is 10.9. The zero-order chi connectivity index (χ0) is 14.3. The maximum absolute atomic E-state index is 11.9. The predicted octanol–water partition coefficient (Wildman–Crippen LogP) is 4.35. The Kier molecular flexibility index (Phi) is 3.42. The van der Waals surface area contributed by atoms with E-state index in [1.54, 1.807) is 29.0 Å². The molecule has 0 fully saturated rings. The second-order valence-electron chi connectivity index (χ2n) is 4.14. The van der Waals surface area contributed by atoms with E-state index in [1.807, 2.05) is 0 Å². The number of para-hydroxylation sites is 1. The Bertz CT molecular complexity index is 854. The highest BCUT2D eigenvalue weighted by atomic mass is 35.5. The van der Waals surface area contributed by atoms with E-state index in [0.29, 0.717) is 31.7 Å². The summed E-state index contributed by atoms with van der Waals surface area (Å²) in [5, 5.41) is 1.71. The van der Waals surface area contributed by atoms with Crippen LogP contribution >= 0.6 is 34.8 Å². The average Bonchev–Trinajstić information content (AvgIpc) is 2.41. The van der Waals surface area contributed by atoms with Crippen LogP contribution in [0.25, 0.3) is 16.6 Å². The lowest BCUT2D eigenvalue weighted by Gasteiger charge is -2.14. The van der Waals surface area contributed by atoms with Gasteiger partial charge in [0.05, 0.1) is 31.7 Å². The molecule has 0 N–H and O–H groups in total. The van der Waals surface area contributed by atoms with Gasteiger partial charge in [0.25, 0.3) is 0 Å². The molecule has 0 aliphatic carbocycles. The van der Waals surface area contributed by atoms with E-state index in [2.05, 4.69) is 4.98 Å². The van der Waals surface area contributed by atoms with Gasteiger partial charge in [-0.3, -0.25) is 9.78 Å². The van der Waals surface area contributed by atoms with Crippen LogP contribution in [-0.2, 0) is 0 Å². The molecule has 100 valence electrons. The standard InChI is InChI=1S/C14H7Cl3N2O/c15-9-2-1-3-10(16)14(9)19-5-4-12(20)8-6-18-7-11(17)13(8)19/h1-7H. The van der Waals surface area contributed by atoms with Crippen molar-refractivity contribution in [3.05, 3.63) is 68.1 Å². The van der Waals surface area contributed by atoms with E-state index in [9.17, 15) is 4.79 Å². The summed E-state index contributed by atoms with van der Waals surface area (Å²) in [7, 11) is 0. The highest BCUT2D eigenvalue weighted by Gasteiger charge is 2.13. The van der Waals surface area contributed by atoms with Crippen LogP contribution in [0, 0.1) is 0 Å². The molecule has 3 nitrogen and oxygen atoms in total. The van der Waals surface area contributed by atoms with Crippen molar-refractivity contribution in [2.45, 2.75) is 0 Å². The Morgan fingerprint density at radius 3 is 2.35 bits per heavy atom. The van der Waals surface area contributed by atoms with Crippen LogP contribution in [0.4, 0.5) is 0 Å². The monoisotopic (exact) mass is 324 g/mol. The van der Waals surface area contributed by atoms with Gasteiger partial charge in [0.1, 0.15) is 0 Å². The molecular weight excluding hydrogens is 319 g/mol. The van der Waals surface area contributed by atoms with E-state index in [0.717, 1.165) is 0 Å². The molecule has 20 heavy (non-hydrogen) atoms. The Labute approximate surface area is 129 Å². The topological polar surface area (TPSA) is 34.9 Å². The number of hydrogen-bond acceptors (Lipinski definition) is 2. The van der Waals surface area contributed by atoms with Gasteiger partial charge < -0.3 is 4.57 Å². The van der Waals surface area contributed by atoms with E-state index in [1.165, 1.54) is 18.5 Å². The molecule has 0 spiro atoms. The molecule has 0 aliphatic heterocycles. The summed E-state index contributed by atoms with van der Waals surface area (Å²) in [5.74, 6) is 0. The molecule has 1 aromatic carbocycles. The van der Waals surface area contributed by atoms with Crippen LogP contribution in [0.15, 0.2) is 47.7 Å². The van der Waals surface area contributed by atoms with Crippen LogP contribution in [0.5, 0.6) is 0 Å². The van der Waals surface area contributed by atoms with E-state index < -0.39 is 0 Å². The number of benzene rings is 1. The first-order chi connectivity index (χ1) is 9.59. The molecule has 3 rings (SSSR count). The van der Waals surface area contributed by atoms with Crippen LogP contribution in [0.1, 0.15) is 0 Å². The second kappa shape index (κ2) is 5.09. The first-order valence-corrected chi connectivity index (χ1v) is 6.82. The van der Waals surface area contributed by atoms with Crippen molar-refractivity contribution >= 4 is 45.7 Å². The quantitative estimate of drug-likeness (QED) is 0.667. The third-order valence-corrected chi connectivity index (χ3v) is 3.82. The summed E-state index contributed by atoms with van der Waals surface area (Å²) in [5.41, 5.74) is 0.951. The van der Waals surface area contributed by atoms with Gasteiger partial charge in [-0.1, -0.05) is 40.9 Å². The Balaban J connectivity index is 2.50. The summed E-state index contributed by atoms with van der Waals surface area (Å²) in [6.45, 7) is 0. The zero-order valence-corrected chi connectivity index (χ0v) is 12.2. The number of fused-ring (bicyclic) bond motifs is 1. The molecule has 0 unspecified atom stereocenters. The number of pyridine rings is 2. The Hall–Kier alpha value is -1.55. The second-order valence-corrected chi connectivity index (χ2v) is 5.36. The first kappa shape index (κ1) is 13.4. The molecule has 0 saturated heterocycles. The minimum Gasteiger partial charge on any atom is -0.312 e. The van der Waals surface area contributed by atoms with E-state index >= 15 is 0 Å². The Morgan fingerprint density at radius 2 is 1.65 bits per heavy atom. The van der Waals surface area contributed by atoms with E-state index in [-0.39, 0.29) is 5.43 Å². The van der Waals surface area contributed by atoms with Crippen LogP contribution in [0.3, 0.4) is 0 Å². The summed E-state index contributed by atoms with van der Waals surface area (Å²) < 4.78 is 1.70. The fraction of sp³-hybridized carbons (Fsp3) is 0. The minimum atomic E-state index is -0.158. The molecular formula is C14H7Cl3N2O. The van der Waals surface area contributed by atoms with Crippen molar-refractivity contribution in [1.29, 1.82) is 0 Å². The molecule has 0 atom stereocenters. The highest BCUT2D eigenvalue weighted by Crippen LogP contribution is 2.32. The van der Waals surface area contributed by atoms with Gasteiger partial charge in [-0.25, -0.2) is 0 Å². The molecule has 6 heteroatoms. The minimum absolute atomic E-state index is 0.158. The lowest BCUT2D eigenvalue weighted by Crippen LogP contribution is -2.08. The maximum Gasteiger partial charge on any atom is 0.191 e. The molecule has 0 aliphatic rings. The summed E-state index contributed by atoms with van der Waals surface area (Å²) >= 11 is 18.6. The molecule has 2 heterocycles. The number of halogens is 3. The van der Waals surface area contributed by atoms with Crippen LogP contribution in [0.2, 0.25) is 15.1 Å². The average molecular weight is 326 g/mol. The fourth-order valence-electron chi connectivity index (χ4n) is 2.07. The third kappa shape index (κ3) is 2.08. The molecule has 2 aromatic heterocycles. The number of nitrogens with zero attached hydrogens (tertiary/aromatic N) is 2. The molecule has 0 amide bonds. The number of aromatic nitrogens is 2. The van der Waals surface area contributed by atoms with Gasteiger partial charge >= 0.3 is 0 Å². The van der Waals surface area contributed by atoms with Crippen molar-refractivity contribution < 1.29 is 0 Å². The van der Waals surface area contributed by atoms with Crippen molar-refractivity contribution in [1.82, 2.24) is 9.55 Å². The number of rotatable bonds is 1. The fourth-order valence-corrected chi connectivity index (χ4v) is 2.89. The summed E-state index contributed by atoms with van der Waals surface area (Å²) in [4.78, 5) is 15.8. The molecule has 0 radical (unpaired) electrons.